The first-order chi connectivity index (χ1) is 12.7. The minimum Gasteiger partial charge on any atom is -0.378 e. The quantitative estimate of drug-likeness (QED) is 0.882. The zero-order valence-corrected chi connectivity index (χ0v) is 14.9. The molecule has 0 bridgehead atoms. The second kappa shape index (κ2) is 7.51. The number of carbonyl (C=O) groups is 1. The first-order valence-electron chi connectivity index (χ1n) is 9.07. The lowest BCUT2D eigenvalue weighted by atomic mass is 9.79. The molecule has 4 rings (SSSR count). The van der Waals surface area contributed by atoms with Crippen LogP contribution >= 0.6 is 0 Å². The molecular weight excluding hydrogens is 332 g/mol. The molecule has 8 heteroatoms. The van der Waals surface area contributed by atoms with Crippen LogP contribution in [0.2, 0.25) is 0 Å². The average molecular weight is 356 g/mol. The number of hydrogen-bond donors (Lipinski definition) is 1. The Morgan fingerprint density at radius 3 is 3.04 bits per heavy atom. The van der Waals surface area contributed by atoms with Gasteiger partial charge >= 0.3 is 0 Å². The summed E-state index contributed by atoms with van der Waals surface area (Å²) in [4.78, 5) is 23.4. The van der Waals surface area contributed by atoms with Crippen molar-refractivity contribution in [2.75, 3.05) is 25.0 Å². The van der Waals surface area contributed by atoms with Crippen molar-refractivity contribution in [2.45, 2.75) is 25.5 Å². The number of amides is 1. The third-order valence-electron chi connectivity index (χ3n) is 5.27. The Labute approximate surface area is 152 Å². The Bertz CT molecular complexity index is 749. The van der Waals surface area contributed by atoms with E-state index in [4.69, 9.17) is 4.74 Å². The highest BCUT2D eigenvalue weighted by molar-refractivity contribution is 5.91. The number of hydrogen-bond acceptors (Lipinski definition) is 6. The summed E-state index contributed by atoms with van der Waals surface area (Å²) >= 11 is 0. The Balaban J connectivity index is 1.43. The first kappa shape index (κ1) is 17.1. The van der Waals surface area contributed by atoms with Crippen molar-refractivity contribution in [3.05, 3.63) is 36.5 Å². The van der Waals surface area contributed by atoms with Crippen molar-refractivity contribution in [1.82, 2.24) is 24.6 Å². The molecule has 0 saturated carbocycles. The molecule has 0 radical (unpaired) electrons. The van der Waals surface area contributed by atoms with Crippen LogP contribution in [-0.2, 0) is 23.1 Å². The fourth-order valence-corrected chi connectivity index (χ4v) is 4.05. The molecule has 2 aromatic rings. The van der Waals surface area contributed by atoms with Crippen molar-refractivity contribution in [1.29, 1.82) is 0 Å². The zero-order valence-electron chi connectivity index (χ0n) is 14.9. The summed E-state index contributed by atoms with van der Waals surface area (Å²) in [6, 6.07) is 0. The molecule has 1 amide bonds. The van der Waals surface area contributed by atoms with E-state index in [0.717, 1.165) is 32.5 Å². The Morgan fingerprint density at radius 1 is 1.35 bits per heavy atom. The van der Waals surface area contributed by atoms with Gasteiger partial charge in [0, 0.05) is 69.3 Å². The molecule has 3 atom stereocenters. The number of ether oxygens (including phenoxy) is 1. The van der Waals surface area contributed by atoms with E-state index in [2.05, 4.69) is 25.3 Å². The van der Waals surface area contributed by atoms with Gasteiger partial charge in [-0.25, -0.2) is 4.98 Å². The number of piperidine rings is 1. The highest BCUT2D eigenvalue weighted by Crippen LogP contribution is 2.34. The summed E-state index contributed by atoms with van der Waals surface area (Å²) in [6.45, 7) is 3.34. The molecule has 138 valence electrons. The Hall–Kier alpha value is -2.32. The van der Waals surface area contributed by atoms with Gasteiger partial charge in [0.1, 0.15) is 0 Å². The fourth-order valence-electron chi connectivity index (χ4n) is 4.05. The van der Waals surface area contributed by atoms with Crippen LogP contribution in [0.5, 0.6) is 0 Å². The molecule has 1 N–H and O–H groups in total. The first-order valence-corrected chi connectivity index (χ1v) is 9.07. The van der Waals surface area contributed by atoms with Crippen molar-refractivity contribution in [3.63, 3.8) is 0 Å². The van der Waals surface area contributed by atoms with Crippen LogP contribution in [0.1, 0.15) is 18.4 Å². The number of fused-ring (bicyclic) bond motifs is 1. The molecule has 2 aliphatic heterocycles. The number of nitrogens with one attached hydrogen (secondary N) is 1. The van der Waals surface area contributed by atoms with Gasteiger partial charge in [-0.1, -0.05) is 0 Å². The number of aryl methyl sites for hydroxylation is 1. The molecule has 2 saturated heterocycles. The van der Waals surface area contributed by atoms with Crippen molar-refractivity contribution < 1.29 is 9.53 Å². The number of rotatable bonds is 4. The second-order valence-electron chi connectivity index (χ2n) is 7.09. The normalized spacial score (nSPS) is 26.3. The summed E-state index contributed by atoms with van der Waals surface area (Å²) in [5.41, 5.74) is 1.20. The number of aromatic nitrogens is 4. The van der Waals surface area contributed by atoms with Gasteiger partial charge < -0.3 is 10.1 Å². The smallest absolute Gasteiger partial charge is 0.229 e. The number of carbonyl (C=O) groups excluding carboxylic acids is 1. The van der Waals surface area contributed by atoms with Crippen molar-refractivity contribution >= 4 is 11.7 Å². The van der Waals surface area contributed by atoms with Crippen molar-refractivity contribution in [2.24, 2.45) is 18.9 Å². The minimum atomic E-state index is -0.0625. The summed E-state index contributed by atoms with van der Waals surface area (Å²) < 4.78 is 7.79. The van der Waals surface area contributed by atoms with Crippen molar-refractivity contribution in [3.8, 4) is 0 Å². The Morgan fingerprint density at radius 2 is 2.27 bits per heavy atom. The second-order valence-corrected chi connectivity index (χ2v) is 7.09. The maximum absolute atomic E-state index is 12.8. The van der Waals surface area contributed by atoms with Gasteiger partial charge in [-0.05, 0) is 12.8 Å². The van der Waals surface area contributed by atoms with Crippen LogP contribution in [-0.4, -0.2) is 56.4 Å². The van der Waals surface area contributed by atoms with Crippen LogP contribution in [0.3, 0.4) is 0 Å². The summed E-state index contributed by atoms with van der Waals surface area (Å²) in [5.74, 6) is 0.661. The van der Waals surface area contributed by atoms with E-state index in [0.29, 0.717) is 12.4 Å². The van der Waals surface area contributed by atoms with Gasteiger partial charge in [-0.2, -0.15) is 5.10 Å². The summed E-state index contributed by atoms with van der Waals surface area (Å²) in [5, 5.41) is 7.15. The third kappa shape index (κ3) is 3.76. The van der Waals surface area contributed by atoms with E-state index in [1.807, 2.05) is 24.1 Å². The molecule has 4 heterocycles. The molecule has 2 aliphatic rings. The lowest BCUT2D eigenvalue weighted by molar-refractivity contribution is -0.137. The maximum atomic E-state index is 12.8. The standard InChI is InChI=1S/C18H24N6O2/c1-23-10-13(8-21-23)11-24-6-2-16-15(12-24)14(3-7-26-16)18(25)22-17-9-19-4-5-20-17/h4-5,8-10,14-16H,2-3,6-7,11-12H2,1H3,(H,20,22,25)/t14-,15-,16-/m1/s1. The summed E-state index contributed by atoms with van der Waals surface area (Å²) in [6.07, 6.45) is 10.6. The van der Waals surface area contributed by atoms with Gasteiger partial charge in [0.2, 0.25) is 5.91 Å². The minimum absolute atomic E-state index is 0.0204. The van der Waals surface area contributed by atoms with Crippen LogP contribution in [0.4, 0.5) is 5.82 Å². The van der Waals surface area contributed by atoms with Gasteiger partial charge in [-0.3, -0.25) is 19.4 Å². The van der Waals surface area contributed by atoms with E-state index in [-0.39, 0.29) is 23.8 Å². The molecule has 0 unspecified atom stereocenters. The van der Waals surface area contributed by atoms with Gasteiger partial charge in [0.05, 0.1) is 18.5 Å². The zero-order chi connectivity index (χ0) is 17.9. The van der Waals surface area contributed by atoms with E-state index >= 15 is 0 Å². The van der Waals surface area contributed by atoms with E-state index in [9.17, 15) is 4.79 Å². The van der Waals surface area contributed by atoms with Crippen LogP contribution < -0.4 is 5.32 Å². The largest absolute Gasteiger partial charge is 0.378 e. The number of anilines is 1. The fraction of sp³-hybridized carbons (Fsp3) is 0.556. The number of nitrogens with zero attached hydrogens (tertiary/aromatic N) is 5. The molecule has 8 nitrogen and oxygen atoms in total. The molecule has 2 aromatic heterocycles. The predicted octanol–water partition coefficient (Wildman–Crippen LogP) is 1.08. The van der Waals surface area contributed by atoms with E-state index < -0.39 is 0 Å². The monoisotopic (exact) mass is 356 g/mol. The molecule has 0 aliphatic carbocycles. The molecule has 2 fully saturated rings. The highest BCUT2D eigenvalue weighted by atomic mass is 16.5. The molecular formula is C18H24N6O2. The Kier molecular flexibility index (Phi) is 4.94. The maximum Gasteiger partial charge on any atom is 0.229 e. The van der Waals surface area contributed by atoms with Crippen LogP contribution in [0.25, 0.3) is 0 Å². The van der Waals surface area contributed by atoms with Crippen LogP contribution in [0, 0.1) is 11.8 Å². The van der Waals surface area contributed by atoms with E-state index in [1.54, 1.807) is 18.6 Å². The predicted molar refractivity (Wildman–Crippen MR) is 95.1 cm³/mol. The lowest BCUT2D eigenvalue weighted by Crippen LogP contribution is -2.52. The third-order valence-corrected chi connectivity index (χ3v) is 5.27. The average Bonchev–Trinajstić information content (AvgIpc) is 3.06. The molecule has 0 spiro atoms. The topological polar surface area (TPSA) is 85.2 Å². The highest BCUT2D eigenvalue weighted by Gasteiger charge is 2.41. The number of likely N-dealkylation sites (tertiary alicyclic amines) is 1. The SMILES string of the molecule is Cn1cc(CN2CC[C@H]3OCC[C@@H](C(=O)Nc4cnccn4)[C@H]3C2)cn1. The molecule has 26 heavy (non-hydrogen) atoms. The molecule has 0 aromatic carbocycles. The van der Waals surface area contributed by atoms with E-state index in [1.165, 1.54) is 5.56 Å². The van der Waals surface area contributed by atoms with Crippen LogP contribution in [0.15, 0.2) is 31.0 Å². The van der Waals surface area contributed by atoms with Gasteiger partial charge in [-0.15, -0.1) is 0 Å². The van der Waals surface area contributed by atoms with Gasteiger partial charge in [0.25, 0.3) is 0 Å². The lowest BCUT2D eigenvalue weighted by Gasteiger charge is -2.44. The summed E-state index contributed by atoms with van der Waals surface area (Å²) in [7, 11) is 1.93. The van der Waals surface area contributed by atoms with Gasteiger partial charge in [0.15, 0.2) is 5.82 Å².